The molecule has 8 atom stereocenters. The zero-order valence-electron chi connectivity index (χ0n) is 31.2. The number of hydrogen-bond donors (Lipinski definition) is 3. The van der Waals surface area contributed by atoms with Gasteiger partial charge in [0.2, 0.25) is 5.78 Å². The van der Waals surface area contributed by atoms with Gasteiger partial charge < -0.3 is 53.5 Å². The molecule has 7 rings (SSSR count). The van der Waals surface area contributed by atoms with Crippen molar-refractivity contribution in [2.24, 2.45) is 0 Å². The number of phenols is 2. The maximum Gasteiger partial charge on any atom is 0.254 e. The second kappa shape index (κ2) is 14.2. The van der Waals surface area contributed by atoms with Crippen molar-refractivity contribution in [1.82, 2.24) is 14.7 Å². The minimum atomic E-state index is -2.12. The molecule has 1 amide bonds. The summed E-state index contributed by atoms with van der Waals surface area (Å²) in [7, 11) is 6.46. The number of hydrogen-bond acceptors (Lipinski definition) is 14. The largest absolute Gasteiger partial charge is 0.507 e. The molecule has 0 aromatic heterocycles. The zero-order chi connectivity index (χ0) is 38.1. The lowest BCUT2D eigenvalue weighted by molar-refractivity contribution is -0.256. The van der Waals surface area contributed by atoms with E-state index in [0.29, 0.717) is 32.7 Å². The van der Waals surface area contributed by atoms with Crippen molar-refractivity contribution in [2.75, 3.05) is 54.6 Å². The first-order chi connectivity index (χ1) is 25.2. The Bertz CT molecular complexity index is 1800. The van der Waals surface area contributed by atoms with Crippen LogP contribution in [0.25, 0.3) is 0 Å². The highest BCUT2D eigenvalue weighted by atomic mass is 16.7. The van der Waals surface area contributed by atoms with Crippen LogP contribution >= 0.6 is 0 Å². The van der Waals surface area contributed by atoms with Crippen LogP contribution < -0.4 is 4.74 Å². The molecule has 2 aliphatic carbocycles. The summed E-state index contributed by atoms with van der Waals surface area (Å²) < 4.78 is 36.0. The fourth-order valence-corrected chi connectivity index (χ4v) is 8.52. The number of morpholine rings is 1. The summed E-state index contributed by atoms with van der Waals surface area (Å²) in [5.41, 5.74) is -3.03. The number of phenolic OH excluding ortho intramolecular Hbond substituents is 2. The second-order valence-electron chi connectivity index (χ2n) is 15.0. The fourth-order valence-electron chi connectivity index (χ4n) is 8.52. The highest BCUT2D eigenvalue weighted by Gasteiger charge is 2.55. The molecule has 3 saturated heterocycles. The monoisotopic (exact) mass is 739 g/mol. The van der Waals surface area contributed by atoms with Crippen LogP contribution in [0.1, 0.15) is 82.7 Å². The average molecular weight is 740 g/mol. The lowest BCUT2D eigenvalue weighted by Gasteiger charge is -2.44. The molecular formula is C38H49N3O12. The van der Waals surface area contributed by atoms with Gasteiger partial charge in [0.1, 0.15) is 29.0 Å². The van der Waals surface area contributed by atoms with Gasteiger partial charge in [0.05, 0.1) is 42.6 Å². The number of nitrogens with zero attached hydrogens (tertiary/aromatic N) is 3. The Labute approximate surface area is 308 Å². The van der Waals surface area contributed by atoms with Crippen LogP contribution in [0.5, 0.6) is 17.2 Å². The maximum atomic E-state index is 14.1. The Kier molecular flexibility index (Phi) is 10.1. The molecule has 3 aliphatic heterocycles. The number of rotatable bonds is 9. The highest BCUT2D eigenvalue weighted by molar-refractivity contribution is 6.31. The minimum absolute atomic E-state index is 0.00416. The lowest BCUT2D eigenvalue weighted by Crippen LogP contribution is -2.55. The minimum Gasteiger partial charge on any atom is -0.507 e. The van der Waals surface area contributed by atoms with Gasteiger partial charge in [0.25, 0.3) is 5.91 Å². The van der Waals surface area contributed by atoms with E-state index >= 15 is 0 Å². The topological polar surface area (TPSA) is 177 Å². The molecule has 6 unspecified atom stereocenters. The van der Waals surface area contributed by atoms with E-state index in [1.165, 1.54) is 24.1 Å². The summed E-state index contributed by atoms with van der Waals surface area (Å²) in [6, 6.07) is 4.61. The molecule has 53 heavy (non-hydrogen) atoms. The number of methoxy groups -OCH3 is 2. The molecular weight excluding hydrogens is 690 g/mol. The molecule has 0 saturated carbocycles. The quantitative estimate of drug-likeness (QED) is 0.272. The number of aromatic hydroxyl groups is 2. The third-order valence-corrected chi connectivity index (χ3v) is 11.6. The molecule has 2 aromatic rings. The third-order valence-electron chi connectivity index (χ3n) is 11.6. The Morgan fingerprint density at radius 2 is 1.79 bits per heavy atom. The summed E-state index contributed by atoms with van der Waals surface area (Å²) in [6.07, 6.45) is -4.43. The van der Waals surface area contributed by atoms with E-state index in [2.05, 4.69) is 9.80 Å². The molecule has 2 aromatic carbocycles. The Balaban J connectivity index is 1.28. The first-order valence-electron chi connectivity index (χ1n) is 18.1. The van der Waals surface area contributed by atoms with E-state index in [0.717, 1.165) is 0 Å². The fraction of sp³-hybridized carbons (Fsp3) is 0.605. The highest BCUT2D eigenvalue weighted by Crippen LogP contribution is 2.53. The molecule has 0 spiro atoms. The summed E-state index contributed by atoms with van der Waals surface area (Å²) in [4.78, 5) is 47.9. The predicted octanol–water partition coefficient (Wildman–Crippen LogP) is 1.95. The van der Waals surface area contributed by atoms with Crippen LogP contribution in [-0.2, 0) is 34.9 Å². The Morgan fingerprint density at radius 3 is 2.49 bits per heavy atom. The summed E-state index contributed by atoms with van der Waals surface area (Å²) in [6.45, 7) is 7.80. The molecule has 0 radical (unpaired) electrons. The van der Waals surface area contributed by atoms with Crippen molar-refractivity contribution in [3.8, 4) is 17.2 Å². The number of ether oxygens (including phenoxy) is 6. The molecule has 3 fully saturated rings. The Morgan fingerprint density at radius 1 is 1.06 bits per heavy atom. The molecule has 288 valence electrons. The molecule has 0 bridgehead atoms. The number of carbonyl (C=O) groups excluding carboxylic acids is 3. The van der Waals surface area contributed by atoms with Crippen molar-refractivity contribution < 1.29 is 58.1 Å². The number of benzene rings is 2. The van der Waals surface area contributed by atoms with Crippen molar-refractivity contribution in [3.05, 3.63) is 51.6 Å². The lowest BCUT2D eigenvalue weighted by atomic mass is 9.72. The predicted molar refractivity (Wildman–Crippen MR) is 187 cm³/mol. The molecule has 15 heteroatoms. The molecule has 15 nitrogen and oxygen atoms in total. The van der Waals surface area contributed by atoms with Crippen molar-refractivity contribution in [1.29, 1.82) is 0 Å². The summed E-state index contributed by atoms with van der Waals surface area (Å²) >= 11 is 0. The van der Waals surface area contributed by atoms with Crippen LogP contribution in [0.3, 0.4) is 0 Å². The summed E-state index contributed by atoms with van der Waals surface area (Å²) in [5.74, 6) is -3.08. The van der Waals surface area contributed by atoms with Crippen molar-refractivity contribution in [3.63, 3.8) is 0 Å². The van der Waals surface area contributed by atoms with Crippen LogP contribution in [0, 0.1) is 0 Å². The van der Waals surface area contributed by atoms with Crippen LogP contribution in [0.15, 0.2) is 18.2 Å². The van der Waals surface area contributed by atoms with Gasteiger partial charge in [-0.2, -0.15) is 0 Å². The van der Waals surface area contributed by atoms with Gasteiger partial charge in [-0.25, -0.2) is 0 Å². The van der Waals surface area contributed by atoms with E-state index < -0.39 is 83.1 Å². The number of fused-ring (bicyclic) bond motifs is 6. The van der Waals surface area contributed by atoms with Gasteiger partial charge in [-0.15, -0.1) is 0 Å². The van der Waals surface area contributed by atoms with Crippen LogP contribution in [0.2, 0.25) is 0 Å². The SMILES string of the molecule is COc1cccc2c1C(=O)c1c(O)c3c(c(O)c1C2=O)C[C@@](O)(C(=O)N(C)CCN(C)C(C)C)C[C@@H]3OC1CC2C(OC3C(OC)OCCN23)C(C)O1. The van der Waals surface area contributed by atoms with Gasteiger partial charge >= 0.3 is 0 Å². The normalized spacial score (nSPS) is 30.8. The average Bonchev–Trinajstić information content (AvgIpc) is 3.52. The zero-order valence-corrected chi connectivity index (χ0v) is 31.2. The molecule has 5 aliphatic rings. The molecule has 3 N–H and O–H groups in total. The van der Waals surface area contributed by atoms with Crippen LogP contribution in [0.4, 0.5) is 0 Å². The smallest absolute Gasteiger partial charge is 0.254 e. The van der Waals surface area contributed by atoms with Crippen LogP contribution in [-0.4, -0.2) is 151 Å². The van der Waals surface area contributed by atoms with Gasteiger partial charge in [-0.1, -0.05) is 12.1 Å². The maximum absolute atomic E-state index is 14.1. The van der Waals surface area contributed by atoms with Gasteiger partial charge in [0, 0.05) is 81.8 Å². The first-order valence-corrected chi connectivity index (χ1v) is 18.1. The Hall–Kier alpha value is -3.67. The number of likely N-dealkylation sites (N-methyl/N-ethyl adjacent to an activating group) is 2. The van der Waals surface area contributed by atoms with Crippen molar-refractivity contribution in [2.45, 2.75) is 94.8 Å². The van der Waals surface area contributed by atoms with E-state index in [4.69, 9.17) is 28.4 Å². The third kappa shape index (κ3) is 6.20. The van der Waals surface area contributed by atoms with Gasteiger partial charge in [-0.05, 0) is 33.9 Å². The second-order valence-corrected chi connectivity index (χ2v) is 15.0. The van der Waals surface area contributed by atoms with Gasteiger partial charge in [0.15, 0.2) is 24.6 Å². The standard InChI is InChI=1S/C38H49N3O12/c1-18(2)39(4)11-12-40(5)37(46)38(47)16-21-27(33(45)29-28(31(21)43)30(42)20-9-8-10-23(48-6)26(20)32(29)44)24(17-38)52-25-15-22-34(19(3)51-25)53-35-36(49-7)50-14-13-41(22)35/h8-10,18-19,22,24-25,34-36,43,45,47H,11-17H2,1-7H3/t19?,22?,24-,25?,34?,35?,36?,38-/m0/s1. The number of carbonyl (C=O) groups is 3. The van der Waals surface area contributed by atoms with E-state index in [1.807, 2.05) is 27.8 Å². The molecule has 3 heterocycles. The van der Waals surface area contributed by atoms with Gasteiger partial charge in [-0.3, -0.25) is 19.3 Å². The van der Waals surface area contributed by atoms with E-state index in [9.17, 15) is 29.7 Å². The van der Waals surface area contributed by atoms with E-state index in [-0.39, 0.29) is 52.6 Å². The number of ketones is 2. The number of aliphatic hydroxyl groups is 1. The van der Waals surface area contributed by atoms with Crippen molar-refractivity contribution >= 4 is 17.5 Å². The first kappa shape index (κ1) is 37.6. The summed E-state index contributed by atoms with van der Waals surface area (Å²) in [5, 5.41) is 36.2. The van der Waals surface area contributed by atoms with E-state index in [1.54, 1.807) is 20.2 Å². The number of amides is 1.